The smallest absolute Gasteiger partial charge is 0.335 e. The number of imidazole rings is 1. The third-order valence-corrected chi connectivity index (χ3v) is 5.14. The lowest BCUT2D eigenvalue weighted by Gasteiger charge is -2.15. The average molecular weight is 337 g/mol. The Hall–Kier alpha value is -2.19. The van der Waals surface area contributed by atoms with Crippen molar-refractivity contribution in [3.05, 3.63) is 47.9 Å². The quantitative estimate of drug-likeness (QED) is 0.870. The average Bonchev–Trinajstić information content (AvgIpc) is 2.98. The molecule has 1 N–H and O–H groups in total. The van der Waals surface area contributed by atoms with Crippen molar-refractivity contribution in [1.29, 1.82) is 0 Å². The molecule has 0 radical (unpaired) electrons. The molecule has 0 saturated heterocycles. The number of carboxylic acid groups (broad SMARTS) is 1. The van der Waals surface area contributed by atoms with E-state index in [0.717, 1.165) is 0 Å². The fourth-order valence-corrected chi connectivity index (χ4v) is 3.06. The standard InChI is InChI=1S/C15H19N3O4S/c1-11(2)18-9-14(16-10-18)23(21,22)17(3)8-12-4-6-13(7-5-12)15(19)20/h4-7,9-11H,8H2,1-3H3,(H,19,20). The molecule has 0 spiro atoms. The molecule has 0 atom stereocenters. The summed E-state index contributed by atoms with van der Waals surface area (Å²) in [6.45, 7) is 4.01. The summed E-state index contributed by atoms with van der Waals surface area (Å²) in [5.74, 6) is -1.02. The van der Waals surface area contributed by atoms with E-state index in [0.29, 0.717) is 5.56 Å². The maximum atomic E-state index is 12.5. The Kier molecular flexibility index (Phi) is 4.86. The second-order valence-corrected chi connectivity index (χ2v) is 7.51. The third-order valence-electron chi connectivity index (χ3n) is 3.45. The summed E-state index contributed by atoms with van der Waals surface area (Å²) >= 11 is 0. The van der Waals surface area contributed by atoms with E-state index in [-0.39, 0.29) is 23.2 Å². The van der Waals surface area contributed by atoms with Gasteiger partial charge in [0.2, 0.25) is 0 Å². The topological polar surface area (TPSA) is 92.5 Å². The van der Waals surface area contributed by atoms with Crippen molar-refractivity contribution in [3.8, 4) is 0 Å². The van der Waals surface area contributed by atoms with Gasteiger partial charge < -0.3 is 9.67 Å². The van der Waals surface area contributed by atoms with Crippen LogP contribution in [0.2, 0.25) is 0 Å². The number of rotatable bonds is 6. The Balaban J connectivity index is 2.17. The van der Waals surface area contributed by atoms with Crippen molar-refractivity contribution < 1.29 is 18.3 Å². The van der Waals surface area contributed by atoms with Gasteiger partial charge in [0.15, 0.2) is 5.03 Å². The van der Waals surface area contributed by atoms with Crippen LogP contribution >= 0.6 is 0 Å². The summed E-state index contributed by atoms with van der Waals surface area (Å²) in [7, 11) is -2.22. The molecule has 0 saturated carbocycles. The normalized spacial score (nSPS) is 12.0. The molecular formula is C15H19N3O4S. The van der Waals surface area contributed by atoms with Gasteiger partial charge in [-0.1, -0.05) is 12.1 Å². The fraction of sp³-hybridized carbons (Fsp3) is 0.333. The van der Waals surface area contributed by atoms with Crippen molar-refractivity contribution in [3.63, 3.8) is 0 Å². The summed E-state index contributed by atoms with van der Waals surface area (Å²) in [6, 6.07) is 6.22. The summed E-state index contributed by atoms with van der Waals surface area (Å²) in [4.78, 5) is 14.8. The van der Waals surface area contributed by atoms with E-state index in [9.17, 15) is 13.2 Å². The minimum Gasteiger partial charge on any atom is -0.478 e. The molecule has 8 heteroatoms. The largest absolute Gasteiger partial charge is 0.478 e. The van der Waals surface area contributed by atoms with Crippen molar-refractivity contribution >= 4 is 16.0 Å². The molecule has 2 aromatic rings. The van der Waals surface area contributed by atoms with Crippen LogP contribution in [0.3, 0.4) is 0 Å². The summed E-state index contributed by atoms with van der Waals surface area (Å²) in [5, 5.41) is 8.86. The lowest BCUT2D eigenvalue weighted by atomic mass is 10.1. The van der Waals surface area contributed by atoms with Crippen molar-refractivity contribution in [2.75, 3.05) is 7.05 Å². The van der Waals surface area contributed by atoms with Gasteiger partial charge in [-0.15, -0.1) is 0 Å². The Morgan fingerprint density at radius 1 is 1.30 bits per heavy atom. The number of aromatic carboxylic acids is 1. The number of benzene rings is 1. The Bertz CT molecular complexity index is 794. The molecule has 7 nitrogen and oxygen atoms in total. The van der Waals surface area contributed by atoms with Crippen LogP contribution in [0.4, 0.5) is 0 Å². The third kappa shape index (κ3) is 3.77. The second-order valence-electron chi connectivity index (χ2n) is 5.52. The summed E-state index contributed by atoms with van der Waals surface area (Å²) < 4.78 is 27.9. The molecule has 1 heterocycles. The van der Waals surface area contributed by atoms with Crippen molar-refractivity contribution in [1.82, 2.24) is 13.9 Å². The molecule has 2 rings (SSSR count). The zero-order valence-electron chi connectivity index (χ0n) is 13.2. The van der Waals surface area contributed by atoms with Crippen LogP contribution in [0.15, 0.2) is 41.8 Å². The van der Waals surface area contributed by atoms with E-state index >= 15 is 0 Å². The van der Waals surface area contributed by atoms with Gasteiger partial charge in [-0.3, -0.25) is 0 Å². The molecule has 0 unspecified atom stereocenters. The van der Waals surface area contributed by atoms with Crippen LogP contribution in [0.5, 0.6) is 0 Å². The summed E-state index contributed by atoms with van der Waals surface area (Å²) in [6.07, 6.45) is 3.00. The van der Waals surface area contributed by atoms with E-state index in [1.807, 2.05) is 13.8 Å². The van der Waals surface area contributed by atoms with E-state index in [1.54, 1.807) is 16.7 Å². The van der Waals surface area contributed by atoms with Gasteiger partial charge in [-0.05, 0) is 31.5 Å². The molecule has 1 aromatic heterocycles. The van der Waals surface area contributed by atoms with Gasteiger partial charge in [0, 0.05) is 25.8 Å². The number of aromatic nitrogens is 2. The van der Waals surface area contributed by atoms with Gasteiger partial charge in [0.05, 0.1) is 11.9 Å². The Morgan fingerprint density at radius 2 is 1.91 bits per heavy atom. The van der Waals surface area contributed by atoms with E-state index in [2.05, 4.69) is 4.98 Å². The van der Waals surface area contributed by atoms with Crippen LogP contribution in [0.25, 0.3) is 0 Å². The SMILES string of the molecule is CC(C)n1cnc(S(=O)(=O)N(C)Cc2ccc(C(=O)O)cc2)c1. The van der Waals surface area contributed by atoms with Gasteiger partial charge in [0.1, 0.15) is 0 Å². The number of sulfonamides is 1. The van der Waals surface area contributed by atoms with Gasteiger partial charge in [0.25, 0.3) is 10.0 Å². The number of nitrogens with zero attached hydrogens (tertiary/aromatic N) is 3. The molecule has 23 heavy (non-hydrogen) atoms. The molecule has 0 aliphatic rings. The first-order valence-electron chi connectivity index (χ1n) is 7.04. The van der Waals surface area contributed by atoms with Crippen molar-refractivity contribution in [2.45, 2.75) is 31.5 Å². The van der Waals surface area contributed by atoms with Crippen LogP contribution in [-0.4, -0.2) is 40.4 Å². The highest BCUT2D eigenvalue weighted by atomic mass is 32.2. The Morgan fingerprint density at radius 3 is 2.39 bits per heavy atom. The molecule has 0 aliphatic heterocycles. The second kappa shape index (κ2) is 6.51. The lowest BCUT2D eigenvalue weighted by molar-refractivity contribution is 0.0697. The van der Waals surface area contributed by atoms with E-state index < -0.39 is 16.0 Å². The highest BCUT2D eigenvalue weighted by Crippen LogP contribution is 2.17. The van der Waals surface area contributed by atoms with Gasteiger partial charge in [-0.2, -0.15) is 4.31 Å². The minimum atomic E-state index is -3.69. The predicted molar refractivity (Wildman–Crippen MR) is 84.7 cm³/mol. The highest BCUT2D eigenvalue weighted by Gasteiger charge is 2.24. The van der Waals surface area contributed by atoms with Crippen LogP contribution in [0, 0.1) is 0 Å². The molecule has 1 aromatic carbocycles. The first-order chi connectivity index (χ1) is 10.7. The first kappa shape index (κ1) is 17.2. The van der Waals surface area contributed by atoms with Crippen LogP contribution in [0.1, 0.15) is 35.8 Å². The minimum absolute atomic E-state index is 0.00384. The fourth-order valence-electron chi connectivity index (χ4n) is 1.99. The molecule has 0 fully saturated rings. The number of carboxylic acids is 1. The van der Waals surface area contributed by atoms with E-state index in [4.69, 9.17) is 5.11 Å². The number of carbonyl (C=O) groups is 1. The molecule has 0 bridgehead atoms. The van der Waals surface area contributed by atoms with Crippen LogP contribution in [-0.2, 0) is 16.6 Å². The zero-order valence-corrected chi connectivity index (χ0v) is 14.0. The van der Waals surface area contributed by atoms with E-state index in [1.165, 1.54) is 36.0 Å². The van der Waals surface area contributed by atoms with Crippen LogP contribution < -0.4 is 0 Å². The number of hydrogen-bond acceptors (Lipinski definition) is 4. The van der Waals surface area contributed by atoms with Gasteiger partial charge in [-0.25, -0.2) is 18.2 Å². The van der Waals surface area contributed by atoms with Crippen molar-refractivity contribution in [2.24, 2.45) is 0 Å². The Labute approximate surface area is 135 Å². The highest BCUT2D eigenvalue weighted by molar-refractivity contribution is 7.89. The molecule has 0 amide bonds. The lowest BCUT2D eigenvalue weighted by Crippen LogP contribution is -2.26. The monoisotopic (exact) mass is 337 g/mol. The molecular weight excluding hydrogens is 318 g/mol. The maximum absolute atomic E-state index is 12.5. The van der Waals surface area contributed by atoms with Gasteiger partial charge >= 0.3 is 5.97 Å². The molecule has 124 valence electrons. The zero-order chi connectivity index (χ0) is 17.2. The molecule has 0 aliphatic carbocycles. The number of hydrogen-bond donors (Lipinski definition) is 1. The summed E-state index contributed by atoms with van der Waals surface area (Å²) in [5.41, 5.74) is 0.860. The predicted octanol–water partition coefficient (Wildman–Crippen LogP) is 1.98. The maximum Gasteiger partial charge on any atom is 0.335 e. The first-order valence-corrected chi connectivity index (χ1v) is 8.48.